The molecule has 1 saturated heterocycles. The quantitative estimate of drug-likeness (QED) is 0.113. The van der Waals surface area contributed by atoms with Crippen LogP contribution in [0.2, 0.25) is 0 Å². The maximum Gasteiger partial charge on any atom is 0.337 e. The van der Waals surface area contributed by atoms with Crippen molar-refractivity contribution in [1.82, 2.24) is 0 Å². The second-order valence-electron chi connectivity index (χ2n) is 9.84. The molecule has 1 aliphatic carbocycles. The zero-order chi connectivity index (χ0) is 29.3. The third kappa shape index (κ3) is 5.65. The molecule has 0 bridgehead atoms. The van der Waals surface area contributed by atoms with Crippen LogP contribution in [0.15, 0.2) is 36.1 Å². The molecule has 14 nitrogen and oxygen atoms in total. The first-order valence-corrected chi connectivity index (χ1v) is 12.5. The Bertz CT molecular complexity index is 1150. The van der Waals surface area contributed by atoms with Crippen LogP contribution in [0.1, 0.15) is 12.5 Å². The third-order valence-electron chi connectivity index (χ3n) is 7.45. The van der Waals surface area contributed by atoms with Gasteiger partial charge in [0.25, 0.3) is 0 Å². The molecule has 1 aromatic carbocycles. The van der Waals surface area contributed by atoms with Crippen molar-refractivity contribution in [3.8, 4) is 11.5 Å². The number of carbonyl (C=O) groups is 2. The van der Waals surface area contributed by atoms with Crippen molar-refractivity contribution in [3.63, 3.8) is 0 Å². The van der Waals surface area contributed by atoms with E-state index in [2.05, 4.69) is 0 Å². The van der Waals surface area contributed by atoms with Crippen molar-refractivity contribution in [2.24, 2.45) is 17.8 Å². The maximum absolute atomic E-state index is 12.6. The van der Waals surface area contributed by atoms with E-state index in [0.717, 1.165) is 19.4 Å². The SMILES string of the molecule is COC(=O)C1=CO[C@H](O[C@H]2O[C@H](CO)[C@@H](O)[C@H](O)[C@H]2O)[C@H]2[C@H](C)[C@@H](OC(=O)C=Cc3ccc(O)c(O)c3)[C@@H](O)[C@H]12. The molecule has 2 aliphatic heterocycles. The molecule has 0 spiro atoms. The van der Waals surface area contributed by atoms with E-state index in [-0.39, 0.29) is 17.1 Å². The lowest BCUT2D eigenvalue weighted by Crippen LogP contribution is -2.60. The van der Waals surface area contributed by atoms with Gasteiger partial charge in [-0.3, -0.25) is 0 Å². The van der Waals surface area contributed by atoms with Crippen molar-refractivity contribution >= 4 is 18.0 Å². The highest BCUT2D eigenvalue weighted by Gasteiger charge is 2.59. The molecule has 1 saturated carbocycles. The number of phenols is 2. The number of aromatic hydroxyl groups is 2. The minimum Gasteiger partial charge on any atom is -0.504 e. The van der Waals surface area contributed by atoms with Crippen molar-refractivity contribution in [2.75, 3.05) is 13.7 Å². The van der Waals surface area contributed by atoms with Crippen LogP contribution in [0.3, 0.4) is 0 Å². The summed E-state index contributed by atoms with van der Waals surface area (Å²) in [5.74, 6) is -4.91. The second-order valence-corrected chi connectivity index (χ2v) is 9.84. The summed E-state index contributed by atoms with van der Waals surface area (Å²) in [4.78, 5) is 25.1. The Hall–Kier alpha value is -3.24. The molecule has 0 unspecified atom stereocenters. The van der Waals surface area contributed by atoms with E-state index in [1.807, 2.05) is 0 Å². The minimum absolute atomic E-state index is 0.0471. The molecule has 7 N–H and O–H groups in total. The molecular formula is C26H32O14. The number of hydrogen-bond donors (Lipinski definition) is 7. The van der Waals surface area contributed by atoms with Gasteiger partial charge < -0.3 is 59.4 Å². The van der Waals surface area contributed by atoms with Crippen molar-refractivity contribution in [1.29, 1.82) is 0 Å². The highest BCUT2D eigenvalue weighted by Crippen LogP contribution is 2.49. The summed E-state index contributed by atoms with van der Waals surface area (Å²) >= 11 is 0. The number of esters is 2. The number of phenolic OH excluding ortho intramolecular Hbond substituents is 2. The molecule has 11 atom stereocenters. The lowest BCUT2D eigenvalue weighted by atomic mass is 9.82. The molecular weight excluding hydrogens is 536 g/mol. The molecule has 3 aliphatic rings. The Balaban J connectivity index is 1.55. The van der Waals surface area contributed by atoms with Gasteiger partial charge in [0.2, 0.25) is 6.29 Å². The van der Waals surface area contributed by atoms with Gasteiger partial charge in [0.05, 0.1) is 31.7 Å². The minimum atomic E-state index is -1.73. The average molecular weight is 569 g/mol. The summed E-state index contributed by atoms with van der Waals surface area (Å²) in [7, 11) is 1.14. The van der Waals surface area contributed by atoms with Gasteiger partial charge in [-0.1, -0.05) is 13.0 Å². The van der Waals surface area contributed by atoms with Crippen LogP contribution in [0.25, 0.3) is 6.08 Å². The van der Waals surface area contributed by atoms with Crippen LogP contribution in [0, 0.1) is 17.8 Å². The summed E-state index contributed by atoms with van der Waals surface area (Å²) in [6, 6.07) is 3.92. The number of carbonyl (C=O) groups excluding carboxylic acids is 2. The van der Waals surface area contributed by atoms with Crippen molar-refractivity contribution in [3.05, 3.63) is 41.7 Å². The first kappa shape index (κ1) is 29.7. The first-order chi connectivity index (χ1) is 19.0. The van der Waals surface area contributed by atoms with Gasteiger partial charge in [-0.05, 0) is 23.8 Å². The van der Waals surface area contributed by atoms with E-state index < -0.39 is 85.5 Å². The number of ether oxygens (including phenoxy) is 5. The van der Waals surface area contributed by atoms with E-state index in [4.69, 9.17) is 23.7 Å². The number of aliphatic hydroxyl groups is 5. The highest BCUT2D eigenvalue weighted by atomic mass is 16.8. The van der Waals surface area contributed by atoms with Crippen LogP contribution in [-0.4, -0.2) is 111 Å². The first-order valence-electron chi connectivity index (χ1n) is 12.5. The van der Waals surface area contributed by atoms with Gasteiger partial charge >= 0.3 is 11.9 Å². The fraction of sp³-hybridized carbons (Fsp3) is 0.538. The standard InChI is InChI=1S/C26H32O14/c1-10-17-18(20(32)23(10)39-16(30)6-4-11-3-5-13(28)14(29)7-11)12(24(35)36-2)9-37-25(17)40-26-22(34)21(33)19(31)15(8-27)38-26/h3-7,9-10,15,17-23,25-29,31-34H,8H2,1-2H3/t10-,15+,17-,18+,19+,20-,21-,22+,23+,25+,26+/m0/s1. The molecule has 14 heteroatoms. The third-order valence-corrected chi connectivity index (χ3v) is 7.45. The van der Waals surface area contributed by atoms with Gasteiger partial charge in [-0.25, -0.2) is 9.59 Å². The molecule has 2 heterocycles. The molecule has 0 aromatic heterocycles. The van der Waals surface area contributed by atoms with E-state index in [0.29, 0.717) is 5.56 Å². The number of aliphatic hydroxyl groups excluding tert-OH is 5. The molecule has 0 amide bonds. The van der Waals surface area contributed by atoms with E-state index in [1.165, 1.54) is 24.3 Å². The summed E-state index contributed by atoms with van der Waals surface area (Å²) in [5.41, 5.74) is 0.340. The summed E-state index contributed by atoms with van der Waals surface area (Å²) in [6.07, 6.45) is -8.30. The fourth-order valence-electron chi connectivity index (χ4n) is 5.30. The second kappa shape index (κ2) is 12.1. The monoisotopic (exact) mass is 568 g/mol. The molecule has 40 heavy (non-hydrogen) atoms. The molecule has 0 radical (unpaired) electrons. The van der Waals surface area contributed by atoms with Crippen molar-refractivity contribution < 1.29 is 69.0 Å². The predicted molar refractivity (Wildman–Crippen MR) is 131 cm³/mol. The molecule has 2 fully saturated rings. The number of rotatable bonds is 7. The lowest BCUT2D eigenvalue weighted by molar-refractivity contribution is -0.343. The fourth-order valence-corrected chi connectivity index (χ4v) is 5.30. The molecule has 1 aromatic rings. The summed E-state index contributed by atoms with van der Waals surface area (Å²) < 4.78 is 27.1. The number of fused-ring (bicyclic) bond motifs is 1. The zero-order valence-corrected chi connectivity index (χ0v) is 21.5. The Labute approximate surface area is 228 Å². The van der Waals surface area contributed by atoms with Crippen molar-refractivity contribution in [2.45, 2.75) is 56.1 Å². The smallest absolute Gasteiger partial charge is 0.337 e. The van der Waals surface area contributed by atoms with Crippen LogP contribution in [-0.2, 0) is 33.3 Å². The maximum atomic E-state index is 12.6. The van der Waals surface area contributed by atoms with E-state index in [1.54, 1.807) is 6.92 Å². The Morgan fingerprint density at radius 3 is 2.38 bits per heavy atom. The number of methoxy groups -OCH3 is 1. The van der Waals surface area contributed by atoms with Gasteiger partial charge in [0, 0.05) is 23.8 Å². The Morgan fingerprint density at radius 1 is 1.00 bits per heavy atom. The van der Waals surface area contributed by atoms with E-state index in [9.17, 15) is 45.3 Å². The van der Waals surface area contributed by atoms with Gasteiger partial charge in [0.1, 0.15) is 30.5 Å². The summed E-state index contributed by atoms with van der Waals surface area (Å²) in [5, 5.41) is 70.3. The molecule has 4 rings (SSSR count). The topological polar surface area (TPSA) is 222 Å². The molecule has 220 valence electrons. The van der Waals surface area contributed by atoms with Gasteiger partial charge in [-0.15, -0.1) is 0 Å². The van der Waals surface area contributed by atoms with Crippen LogP contribution in [0.4, 0.5) is 0 Å². The van der Waals surface area contributed by atoms with Crippen LogP contribution < -0.4 is 0 Å². The number of benzene rings is 1. The predicted octanol–water partition coefficient (Wildman–Crippen LogP) is -1.50. The van der Waals surface area contributed by atoms with Gasteiger partial charge in [-0.2, -0.15) is 0 Å². The largest absolute Gasteiger partial charge is 0.504 e. The van der Waals surface area contributed by atoms with Gasteiger partial charge in [0.15, 0.2) is 17.8 Å². The Morgan fingerprint density at radius 2 is 1.73 bits per heavy atom. The Kier molecular flexibility index (Phi) is 8.99. The zero-order valence-electron chi connectivity index (χ0n) is 21.5. The number of hydrogen-bond acceptors (Lipinski definition) is 14. The lowest BCUT2D eigenvalue weighted by Gasteiger charge is -2.43. The highest BCUT2D eigenvalue weighted by molar-refractivity contribution is 5.89. The van der Waals surface area contributed by atoms with Crippen LogP contribution >= 0.6 is 0 Å². The average Bonchev–Trinajstić information content (AvgIpc) is 3.19. The normalized spacial score (nSPS) is 37.4. The summed E-state index contributed by atoms with van der Waals surface area (Å²) in [6.45, 7) is 0.944. The van der Waals surface area contributed by atoms with E-state index >= 15 is 0 Å². The van der Waals surface area contributed by atoms with Crippen LogP contribution in [0.5, 0.6) is 11.5 Å².